The Hall–Kier alpha value is -2.44. The monoisotopic (exact) mass is 352 g/mol. The van der Waals surface area contributed by atoms with Gasteiger partial charge in [-0.05, 0) is 26.2 Å². The summed E-state index contributed by atoms with van der Waals surface area (Å²) in [4.78, 5) is 30.7. The summed E-state index contributed by atoms with van der Waals surface area (Å²) in [6.07, 6.45) is 6.72. The van der Waals surface area contributed by atoms with Gasteiger partial charge in [0.25, 0.3) is 5.91 Å². The summed E-state index contributed by atoms with van der Waals surface area (Å²) in [5, 5.41) is 0. The lowest BCUT2D eigenvalue weighted by molar-refractivity contribution is 0.0773. The molecule has 3 aliphatic rings. The number of aryl methyl sites for hydroxylation is 3. The van der Waals surface area contributed by atoms with Crippen LogP contribution in [0.15, 0.2) is 12.5 Å². The van der Waals surface area contributed by atoms with Gasteiger partial charge in [-0.1, -0.05) is 0 Å². The van der Waals surface area contributed by atoms with E-state index in [4.69, 9.17) is 4.98 Å². The van der Waals surface area contributed by atoms with Crippen LogP contribution in [0.5, 0.6) is 0 Å². The summed E-state index contributed by atoms with van der Waals surface area (Å²) in [5.41, 5.74) is 3.28. The van der Waals surface area contributed by atoms with E-state index in [1.807, 2.05) is 18.9 Å². The Labute approximate surface area is 153 Å². The highest BCUT2D eigenvalue weighted by Crippen LogP contribution is 2.37. The topological polar surface area (TPSA) is 67.2 Å². The van der Waals surface area contributed by atoms with E-state index in [0.29, 0.717) is 17.5 Å². The molecule has 2 aromatic rings. The summed E-state index contributed by atoms with van der Waals surface area (Å²) >= 11 is 0. The molecule has 0 aromatic carbocycles. The molecule has 1 amide bonds. The number of carbonyl (C=O) groups excluding carboxylic acids is 1. The van der Waals surface area contributed by atoms with Crippen molar-refractivity contribution in [1.82, 2.24) is 24.4 Å². The van der Waals surface area contributed by atoms with E-state index >= 15 is 0 Å². The number of hydrogen-bond donors (Lipinski definition) is 0. The zero-order valence-corrected chi connectivity index (χ0v) is 15.4. The summed E-state index contributed by atoms with van der Waals surface area (Å²) in [5.74, 6) is 3.19. The molecule has 26 heavy (non-hydrogen) atoms. The highest BCUT2D eigenvalue weighted by molar-refractivity contribution is 5.92. The van der Waals surface area contributed by atoms with Gasteiger partial charge < -0.3 is 14.4 Å². The maximum atomic E-state index is 12.7. The lowest BCUT2D eigenvalue weighted by Crippen LogP contribution is -2.34. The number of amides is 1. The van der Waals surface area contributed by atoms with E-state index < -0.39 is 0 Å². The Morgan fingerprint density at radius 3 is 2.58 bits per heavy atom. The molecule has 2 unspecified atom stereocenters. The van der Waals surface area contributed by atoms with Crippen LogP contribution in [-0.2, 0) is 19.9 Å². The third kappa shape index (κ3) is 2.40. The fraction of sp³-hybridized carbons (Fsp3) is 0.579. The van der Waals surface area contributed by atoms with Gasteiger partial charge in [-0.2, -0.15) is 0 Å². The molecule has 2 saturated heterocycles. The second-order valence-corrected chi connectivity index (χ2v) is 7.90. The molecule has 0 N–H and O–H groups in total. The molecule has 136 valence electrons. The van der Waals surface area contributed by atoms with Crippen molar-refractivity contribution in [3.63, 3.8) is 0 Å². The van der Waals surface area contributed by atoms with Crippen LogP contribution >= 0.6 is 0 Å². The van der Waals surface area contributed by atoms with Gasteiger partial charge in [0, 0.05) is 56.3 Å². The smallest absolute Gasteiger partial charge is 0.272 e. The Balaban J connectivity index is 1.32. The molecule has 0 spiro atoms. The average Bonchev–Trinajstić information content (AvgIpc) is 3.35. The molecule has 7 nitrogen and oxygen atoms in total. The van der Waals surface area contributed by atoms with Crippen molar-refractivity contribution in [3.8, 4) is 0 Å². The Morgan fingerprint density at radius 2 is 1.88 bits per heavy atom. The first kappa shape index (κ1) is 15.8. The van der Waals surface area contributed by atoms with E-state index in [9.17, 15) is 4.79 Å². The van der Waals surface area contributed by atoms with Gasteiger partial charge in [0.05, 0.1) is 12.5 Å². The molecule has 7 heteroatoms. The van der Waals surface area contributed by atoms with Crippen LogP contribution in [0.1, 0.15) is 34.0 Å². The summed E-state index contributed by atoms with van der Waals surface area (Å²) < 4.78 is 1.80. The Bertz CT molecular complexity index is 861. The van der Waals surface area contributed by atoms with Gasteiger partial charge in [0.2, 0.25) is 0 Å². The first-order valence-electron chi connectivity index (χ1n) is 9.47. The molecule has 2 atom stereocenters. The standard InChI is InChI=1S/C19H24N6O/c1-12-21-16-5-3-4-15(16)18(22-12)24-7-13-9-25(10-14(13)8-24)19(26)17-6-20-11-23(17)2/h6,11,13-14H,3-5,7-10H2,1-2H3. The molecule has 0 bridgehead atoms. The molecular formula is C19H24N6O. The summed E-state index contributed by atoms with van der Waals surface area (Å²) in [6, 6.07) is 0. The highest BCUT2D eigenvalue weighted by atomic mass is 16.2. The minimum atomic E-state index is 0.102. The van der Waals surface area contributed by atoms with Crippen LogP contribution in [-0.4, -0.2) is 56.5 Å². The maximum absolute atomic E-state index is 12.7. The largest absolute Gasteiger partial charge is 0.356 e. The van der Waals surface area contributed by atoms with Gasteiger partial charge in [0.1, 0.15) is 17.3 Å². The highest BCUT2D eigenvalue weighted by Gasteiger charge is 2.43. The second-order valence-electron chi connectivity index (χ2n) is 7.90. The van der Waals surface area contributed by atoms with Gasteiger partial charge in [-0.3, -0.25) is 4.79 Å². The SMILES string of the molecule is Cc1nc2c(c(N3CC4CN(C(=O)c5cncn5C)CC4C3)n1)CCC2. The summed E-state index contributed by atoms with van der Waals surface area (Å²) in [7, 11) is 1.87. The molecular weight excluding hydrogens is 328 g/mol. The molecule has 5 rings (SSSR count). The number of nitrogens with zero attached hydrogens (tertiary/aromatic N) is 6. The van der Waals surface area contributed by atoms with Crippen LogP contribution in [0.2, 0.25) is 0 Å². The van der Waals surface area contributed by atoms with Crippen molar-refractivity contribution in [3.05, 3.63) is 35.3 Å². The molecule has 0 saturated carbocycles. The Kier molecular flexibility index (Phi) is 3.52. The zero-order valence-electron chi connectivity index (χ0n) is 15.4. The fourth-order valence-corrected chi connectivity index (χ4v) is 4.85. The second kappa shape index (κ2) is 5.79. The van der Waals surface area contributed by atoms with Crippen molar-refractivity contribution >= 4 is 11.7 Å². The molecule has 0 radical (unpaired) electrons. The maximum Gasteiger partial charge on any atom is 0.272 e. The summed E-state index contributed by atoms with van der Waals surface area (Å²) in [6.45, 7) is 5.63. The van der Waals surface area contributed by atoms with Gasteiger partial charge in [-0.25, -0.2) is 15.0 Å². The van der Waals surface area contributed by atoms with Crippen molar-refractivity contribution in [2.45, 2.75) is 26.2 Å². The minimum Gasteiger partial charge on any atom is -0.356 e. The zero-order chi connectivity index (χ0) is 17.8. The van der Waals surface area contributed by atoms with E-state index in [1.165, 1.54) is 17.7 Å². The van der Waals surface area contributed by atoms with Crippen LogP contribution in [0.4, 0.5) is 5.82 Å². The molecule has 2 aromatic heterocycles. The molecule has 4 heterocycles. The lowest BCUT2D eigenvalue weighted by atomic mass is 10.0. The molecule has 2 fully saturated rings. The number of anilines is 1. The third-order valence-electron chi connectivity index (χ3n) is 6.13. The first-order chi connectivity index (χ1) is 12.6. The average molecular weight is 352 g/mol. The van der Waals surface area contributed by atoms with Gasteiger partial charge in [-0.15, -0.1) is 0 Å². The minimum absolute atomic E-state index is 0.102. The van der Waals surface area contributed by atoms with Crippen molar-refractivity contribution in [2.24, 2.45) is 18.9 Å². The van der Waals surface area contributed by atoms with Crippen molar-refractivity contribution < 1.29 is 4.79 Å². The lowest BCUT2D eigenvalue weighted by Gasteiger charge is -2.24. The van der Waals surface area contributed by atoms with Crippen LogP contribution in [0.25, 0.3) is 0 Å². The first-order valence-corrected chi connectivity index (χ1v) is 9.47. The molecule has 2 aliphatic heterocycles. The predicted octanol–water partition coefficient (Wildman–Crippen LogP) is 1.22. The fourth-order valence-electron chi connectivity index (χ4n) is 4.85. The van der Waals surface area contributed by atoms with Crippen LogP contribution < -0.4 is 4.90 Å². The number of hydrogen-bond acceptors (Lipinski definition) is 5. The van der Waals surface area contributed by atoms with E-state index in [-0.39, 0.29) is 5.91 Å². The Morgan fingerprint density at radius 1 is 1.12 bits per heavy atom. The number of rotatable bonds is 2. The van der Waals surface area contributed by atoms with Crippen LogP contribution in [0, 0.1) is 18.8 Å². The van der Waals surface area contributed by atoms with E-state index in [0.717, 1.165) is 50.7 Å². The van der Waals surface area contributed by atoms with E-state index in [1.54, 1.807) is 17.1 Å². The predicted molar refractivity (Wildman–Crippen MR) is 97.1 cm³/mol. The third-order valence-corrected chi connectivity index (χ3v) is 6.13. The van der Waals surface area contributed by atoms with Gasteiger partial charge in [0.15, 0.2) is 0 Å². The van der Waals surface area contributed by atoms with Crippen molar-refractivity contribution in [2.75, 3.05) is 31.1 Å². The van der Waals surface area contributed by atoms with Gasteiger partial charge >= 0.3 is 0 Å². The van der Waals surface area contributed by atoms with Crippen molar-refractivity contribution in [1.29, 1.82) is 0 Å². The van der Waals surface area contributed by atoms with Crippen LogP contribution in [0.3, 0.4) is 0 Å². The number of carbonyl (C=O) groups is 1. The van der Waals surface area contributed by atoms with E-state index in [2.05, 4.69) is 14.9 Å². The number of imidazole rings is 1. The number of likely N-dealkylation sites (tertiary alicyclic amines) is 1. The normalized spacial score (nSPS) is 24.2. The number of aromatic nitrogens is 4. The molecule has 1 aliphatic carbocycles. The number of fused-ring (bicyclic) bond motifs is 2. The quantitative estimate of drug-likeness (QED) is 0.813.